The topological polar surface area (TPSA) is 13.1 Å². The molecule has 1 heterocycles. The van der Waals surface area contributed by atoms with Crippen molar-refractivity contribution in [3.8, 4) is 55.6 Å². The van der Waals surface area contributed by atoms with Crippen LogP contribution in [0.4, 0.5) is 0 Å². The highest BCUT2D eigenvalue weighted by Crippen LogP contribution is 2.51. The summed E-state index contributed by atoms with van der Waals surface area (Å²) >= 11 is 0. The maximum absolute atomic E-state index is 6.47. The van der Waals surface area contributed by atoms with Crippen LogP contribution in [0.3, 0.4) is 0 Å². The lowest BCUT2D eigenvalue weighted by molar-refractivity contribution is 0.660. The normalized spacial score (nSPS) is 13.9. The lowest BCUT2D eigenvalue weighted by Gasteiger charge is -2.22. The summed E-state index contributed by atoms with van der Waals surface area (Å²) in [6.07, 6.45) is 0. The highest BCUT2D eigenvalue weighted by molar-refractivity contribution is 6.19. The van der Waals surface area contributed by atoms with Gasteiger partial charge in [-0.1, -0.05) is 123 Å². The Kier molecular flexibility index (Phi) is 4.58. The highest BCUT2D eigenvalue weighted by atomic mass is 16.3. The van der Waals surface area contributed by atoms with Crippen molar-refractivity contribution in [1.29, 1.82) is 0 Å². The highest BCUT2D eigenvalue weighted by Gasteiger charge is 2.35. The quantitative estimate of drug-likeness (QED) is 0.205. The Morgan fingerprint density at radius 1 is 0.386 bits per heavy atom. The summed E-state index contributed by atoms with van der Waals surface area (Å²) in [6, 6.07) is 49.1. The molecule has 44 heavy (non-hydrogen) atoms. The molecule has 2 aliphatic carbocycles. The Labute approximate surface area is 256 Å². The van der Waals surface area contributed by atoms with Crippen LogP contribution in [0, 0.1) is 0 Å². The molecule has 1 aromatic heterocycles. The molecule has 0 saturated heterocycles. The van der Waals surface area contributed by atoms with Crippen LogP contribution >= 0.6 is 0 Å². The van der Waals surface area contributed by atoms with Crippen molar-refractivity contribution in [3.63, 3.8) is 0 Å². The molecule has 0 aliphatic heterocycles. The SMILES string of the molecule is CC1(C)c2ccccc2-c2ccc(-c3cccc4oc5ccc(-c6ccc7c8c(cccc68)-c6ccccc6-7)cc5c34)cc21. The Bertz CT molecular complexity index is 2490. The zero-order valence-electron chi connectivity index (χ0n) is 24.6. The molecule has 0 N–H and O–H groups in total. The van der Waals surface area contributed by atoms with Gasteiger partial charge in [-0.25, -0.2) is 0 Å². The minimum absolute atomic E-state index is 0.0447. The van der Waals surface area contributed by atoms with E-state index in [0.717, 1.165) is 16.6 Å². The fourth-order valence-electron chi connectivity index (χ4n) is 8.17. The van der Waals surface area contributed by atoms with Crippen LogP contribution in [0.2, 0.25) is 0 Å². The van der Waals surface area contributed by atoms with Gasteiger partial charge in [0, 0.05) is 16.2 Å². The van der Waals surface area contributed by atoms with Gasteiger partial charge in [-0.2, -0.15) is 0 Å². The molecule has 0 fully saturated rings. The van der Waals surface area contributed by atoms with Crippen LogP contribution < -0.4 is 0 Å². The first-order valence-corrected chi connectivity index (χ1v) is 15.4. The van der Waals surface area contributed by atoms with Gasteiger partial charge in [-0.05, 0) is 102 Å². The standard InChI is InChI=1S/C43H28O/c1-43(2)37-15-6-5-11-31(37)32-19-17-26(24-38(32)43)28-12-8-16-40-42(28)36-23-25(18-22-39(36)44-40)27-20-21-35-30-10-4-3-9-29(30)34-14-7-13-33(27)41(34)35/h3-24H,1-2H3. The first kappa shape index (κ1) is 24.1. The third kappa shape index (κ3) is 3.04. The molecule has 7 aromatic carbocycles. The van der Waals surface area contributed by atoms with Gasteiger partial charge in [0.15, 0.2) is 0 Å². The minimum atomic E-state index is -0.0447. The molecule has 206 valence electrons. The largest absolute Gasteiger partial charge is 0.456 e. The summed E-state index contributed by atoms with van der Waals surface area (Å²) < 4.78 is 6.47. The lowest BCUT2D eigenvalue weighted by atomic mass is 9.81. The Balaban J connectivity index is 1.18. The fourth-order valence-corrected chi connectivity index (χ4v) is 8.17. The van der Waals surface area contributed by atoms with Crippen LogP contribution in [0.1, 0.15) is 25.0 Å². The lowest BCUT2D eigenvalue weighted by Crippen LogP contribution is -2.14. The van der Waals surface area contributed by atoms with Crippen molar-refractivity contribution in [2.24, 2.45) is 0 Å². The van der Waals surface area contributed by atoms with E-state index in [1.165, 1.54) is 82.9 Å². The second-order valence-electron chi connectivity index (χ2n) is 12.9. The number of fused-ring (bicyclic) bond motifs is 9. The van der Waals surface area contributed by atoms with Gasteiger partial charge in [0.1, 0.15) is 11.2 Å². The fraction of sp³-hybridized carbons (Fsp3) is 0.0698. The zero-order chi connectivity index (χ0) is 29.2. The summed E-state index contributed by atoms with van der Waals surface area (Å²) in [4.78, 5) is 0. The predicted molar refractivity (Wildman–Crippen MR) is 184 cm³/mol. The van der Waals surface area contributed by atoms with Gasteiger partial charge in [0.25, 0.3) is 0 Å². The summed E-state index contributed by atoms with van der Waals surface area (Å²) in [7, 11) is 0. The molecule has 0 radical (unpaired) electrons. The molecule has 0 bridgehead atoms. The van der Waals surface area contributed by atoms with Gasteiger partial charge in [0.2, 0.25) is 0 Å². The summed E-state index contributed by atoms with van der Waals surface area (Å²) in [5.41, 5.74) is 17.5. The van der Waals surface area contributed by atoms with E-state index < -0.39 is 0 Å². The third-order valence-electron chi connectivity index (χ3n) is 10.2. The van der Waals surface area contributed by atoms with Gasteiger partial charge < -0.3 is 4.42 Å². The molecule has 0 amide bonds. The molecular weight excluding hydrogens is 532 g/mol. The molecule has 0 atom stereocenters. The second kappa shape index (κ2) is 8.36. The molecule has 8 aromatic rings. The van der Waals surface area contributed by atoms with Crippen LogP contribution in [-0.2, 0) is 5.41 Å². The Hall–Kier alpha value is -5.40. The van der Waals surface area contributed by atoms with Crippen LogP contribution in [0.5, 0.6) is 0 Å². The summed E-state index contributed by atoms with van der Waals surface area (Å²) in [5.74, 6) is 0. The maximum Gasteiger partial charge on any atom is 0.136 e. The van der Waals surface area contributed by atoms with E-state index in [0.29, 0.717) is 0 Å². The van der Waals surface area contributed by atoms with E-state index in [9.17, 15) is 0 Å². The van der Waals surface area contributed by atoms with Crippen LogP contribution in [0.15, 0.2) is 138 Å². The van der Waals surface area contributed by atoms with Gasteiger partial charge >= 0.3 is 0 Å². The monoisotopic (exact) mass is 560 g/mol. The molecule has 0 spiro atoms. The van der Waals surface area contributed by atoms with E-state index >= 15 is 0 Å². The van der Waals surface area contributed by atoms with Gasteiger partial charge in [-0.15, -0.1) is 0 Å². The molecule has 0 saturated carbocycles. The Morgan fingerprint density at radius 3 is 1.86 bits per heavy atom. The molecular formula is C43H28O. The van der Waals surface area contributed by atoms with Crippen molar-refractivity contribution >= 4 is 32.7 Å². The number of hydrogen-bond acceptors (Lipinski definition) is 1. The predicted octanol–water partition coefficient (Wildman–Crippen LogP) is 12.0. The molecule has 1 heteroatoms. The van der Waals surface area contributed by atoms with Crippen molar-refractivity contribution < 1.29 is 4.42 Å². The third-order valence-corrected chi connectivity index (χ3v) is 10.2. The second-order valence-corrected chi connectivity index (χ2v) is 12.9. The van der Waals surface area contributed by atoms with E-state index in [4.69, 9.17) is 4.42 Å². The smallest absolute Gasteiger partial charge is 0.136 e. The van der Waals surface area contributed by atoms with E-state index in [2.05, 4.69) is 147 Å². The van der Waals surface area contributed by atoms with Crippen molar-refractivity contribution in [3.05, 3.63) is 145 Å². The van der Waals surface area contributed by atoms with E-state index in [1.54, 1.807) is 0 Å². The number of rotatable bonds is 2. The van der Waals surface area contributed by atoms with Crippen LogP contribution in [-0.4, -0.2) is 0 Å². The Morgan fingerprint density at radius 2 is 1.00 bits per heavy atom. The first-order valence-electron chi connectivity index (χ1n) is 15.4. The van der Waals surface area contributed by atoms with Crippen molar-refractivity contribution in [2.75, 3.05) is 0 Å². The minimum Gasteiger partial charge on any atom is -0.456 e. The van der Waals surface area contributed by atoms with Gasteiger partial charge in [0.05, 0.1) is 0 Å². The number of hydrogen-bond donors (Lipinski definition) is 0. The van der Waals surface area contributed by atoms with Crippen molar-refractivity contribution in [1.82, 2.24) is 0 Å². The molecule has 10 rings (SSSR count). The zero-order valence-corrected chi connectivity index (χ0v) is 24.6. The number of benzene rings is 7. The van der Waals surface area contributed by atoms with E-state index in [-0.39, 0.29) is 5.41 Å². The summed E-state index contributed by atoms with van der Waals surface area (Å²) in [6.45, 7) is 4.69. The van der Waals surface area contributed by atoms with E-state index in [1.807, 2.05) is 0 Å². The molecule has 0 unspecified atom stereocenters. The number of furan rings is 1. The van der Waals surface area contributed by atoms with Gasteiger partial charge in [-0.3, -0.25) is 0 Å². The average Bonchev–Trinajstić information content (AvgIpc) is 3.68. The molecule has 1 nitrogen and oxygen atoms in total. The average molecular weight is 561 g/mol. The van der Waals surface area contributed by atoms with Crippen LogP contribution in [0.25, 0.3) is 88.3 Å². The first-order chi connectivity index (χ1) is 21.6. The van der Waals surface area contributed by atoms with Crippen molar-refractivity contribution in [2.45, 2.75) is 19.3 Å². The molecule has 2 aliphatic rings. The summed E-state index contributed by atoms with van der Waals surface area (Å²) in [5, 5.41) is 4.98. The maximum atomic E-state index is 6.47.